The van der Waals surface area contributed by atoms with Gasteiger partial charge in [0, 0.05) is 31.5 Å². The van der Waals surface area contributed by atoms with Crippen LogP contribution < -0.4 is 10.6 Å². The summed E-state index contributed by atoms with van der Waals surface area (Å²) < 4.78 is 1.93. The normalized spacial score (nSPS) is 19.5. The minimum absolute atomic E-state index is 0.583. The lowest BCUT2D eigenvalue weighted by molar-refractivity contribution is 0.389. The Balaban J connectivity index is 1.70. The van der Waals surface area contributed by atoms with E-state index < -0.39 is 0 Å². The van der Waals surface area contributed by atoms with Crippen molar-refractivity contribution in [2.45, 2.75) is 25.4 Å². The van der Waals surface area contributed by atoms with Gasteiger partial charge in [-0.25, -0.2) is 4.68 Å². The smallest absolute Gasteiger partial charge is 0.0690 e. The van der Waals surface area contributed by atoms with Crippen molar-refractivity contribution in [2.24, 2.45) is 0 Å². The van der Waals surface area contributed by atoms with Crippen LogP contribution in [0, 0.1) is 0 Å². The Bertz CT molecular complexity index is 501. The zero-order valence-electron chi connectivity index (χ0n) is 11.0. The van der Waals surface area contributed by atoms with Crippen LogP contribution in [0.1, 0.15) is 18.4 Å². The molecule has 3 rings (SSSR count). The van der Waals surface area contributed by atoms with Gasteiger partial charge in [0.2, 0.25) is 0 Å². The maximum absolute atomic E-state index is 4.32. The van der Waals surface area contributed by atoms with Crippen molar-refractivity contribution in [3.8, 4) is 5.69 Å². The fourth-order valence-corrected chi connectivity index (χ4v) is 2.58. The van der Waals surface area contributed by atoms with Crippen molar-refractivity contribution < 1.29 is 0 Å². The number of piperidine rings is 1. The summed E-state index contributed by atoms with van der Waals surface area (Å²) in [4.78, 5) is 0. The number of benzene rings is 1. The molecule has 1 aliphatic heterocycles. The zero-order valence-corrected chi connectivity index (χ0v) is 11.0. The van der Waals surface area contributed by atoms with Crippen molar-refractivity contribution in [2.75, 3.05) is 13.1 Å². The van der Waals surface area contributed by atoms with E-state index in [1.165, 1.54) is 18.4 Å². The summed E-state index contributed by atoms with van der Waals surface area (Å²) in [6, 6.07) is 11.0. The molecule has 1 unspecified atom stereocenters. The summed E-state index contributed by atoms with van der Waals surface area (Å²) >= 11 is 0. The van der Waals surface area contributed by atoms with Crippen molar-refractivity contribution in [1.29, 1.82) is 0 Å². The van der Waals surface area contributed by atoms with Crippen LogP contribution in [-0.4, -0.2) is 28.9 Å². The zero-order chi connectivity index (χ0) is 12.9. The van der Waals surface area contributed by atoms with E-state index in [9.17, 15) is 0 Å². The van der Waals surface area contributed by atoms with Gasteiger partial charge in [-0.2, -0.15) is 5.10 Å². The first-order chi connectivity index (χ1) is 9.43. The van der Waals surface area contributed by atoms with Gasteiger partial charge in [-0.3, -0.25) is 0 Å². The van der Waals surface area contributed by atoms with Crippen molar-refractivity contribution in [3.05, 3.63) is 48.3 Å². The average Bonchev–Trinajstić information content (AvgIpc) is 3.01. The number of hydrogen-bond donors (Lipinski definition) is 2. The molecular weight excluding hydrogens is 236 g/mol. The molecule has 0 amide bonds. The van der Waals surface area contributed by atoms with Gasteiger partial charge >= 0.3 is 0 Å². The van der Waals surface area contributed by atoms with E-state index in [-0.39, 0.29) is 0 Å². The van der Waals surface area contributed by atoms with E-state index in [0.29, 0.717) is 6.04 Å². The molecule has 1 atom stereocenters. The maximum atomic E-state index is 4.32. The molecule has 2 N–H and O–H groups in total. The van der Waals surface area contributed by atoms with Gasteiger partial charge in [0.15, 0.2) is 0 Å². The number of nitrogens with one attached hydrogen (secondary N) is 2. The van der Waals surface area contributed by atoms with Crippen LogP contribution in [0.25, 0.3) is 5.69 Å². The Morgan fingerprint density at radius 3 is 3.05 bits per heavy atom. The maximum Gasteiger partial charge on any atom is 0.0690 e. The number of hydrogen-bond acceptors (Lipinski definition) is 3. The van der Waals surface area contributed by atoms with Gasteiger partial charge in [-0.05, 0) is 37.1 Å². The number of rotatable bonds is 4. The molecule has 0 radical (unpaired) electrons. The van der Waals surface area contributed by atoms with Crippen molar-refractivity contribution in [1.82, 2.24) is 20.4 Å². The number of aromatic nitrogens is 2. The standard InChI is InChI=1S/C15H20N4/c1-2-7-15(19-10-4-9-18-19)13(5-1)11-17-14-6-3-8-16-12-14/h1-2,4-5,7,9-10,14,16-17H,3,6,8,11-12H2. The van der Waals surface area contributed by atoms with Gasteiger partial charge in [0.25, 0.3) is 0 Å². The highest BCUT2D eigenvalue weighted by molar-refractivity contribution is 5.40. The van der Waals surface area contributed by atoms with Gasteiger partial charge in [-0.15, -0.1) is 0 Å². The molecule has 0 saturated carbocycles. The monoisotopic (exact) mass is 256 g/mol. The lowest BCUT2D eigenvalue weighted by Gasteiger charge is -2.24. The molecule has 0 spiro atoms. The third-order valence-electron chi connectivity index (χ3n) is 3.62. The highest BCUT2D eigenvalue weighted by Gasteiger charge is 2.12. The summed E-state index contributed by atoms with van der Waals surface area (Å²) in [5.41, 5.74) is 2.44. The average molecular weight is 256 g/mol. The number of para-hydroxylation sites is 1. The summed E-state index contributed by atoms with van der Waals surface area (Å²) in [5, 5.41) is 11.4. The van der Waals surface area contributed by atoms with Crippen LogP contribution in [0.3, 0.4) is 0 Å². The van der Waals surface area contributed by atoms with Crippen LogP contribution in [0.4, 0.5) is 0 Å². The second-order valence-electron chi connectivity index (χ2n) is 5.00. The Labute approximate surface area is 113 Å². The van der Waals surface area contributed by atoms with E-state index in [0.717, 1.165) is 25.3 Å². The second kappa shape index (κ2) is 5.99. The third kappa shape index (κ3) is 3.03. The highest BCUT2D eigenvalue weighted by Crippen LogP contribution is 2.14. The summed E-state index contributed by atoms with van der Waals surface area (Å²) in [5.74, 6) is 0. The topological polar surface area (TPSA) is 41.9 Å². The molecule has 19 heavy (non-hydrogen) atoms. The van der Waals surface area contributed by atoms with Crippen LogP contribution in [0.2, 0.25) is 0 Å². The van der Waals surface area contributed by atoms with Crippen LogP contribution in [0.5, 0.6) is 0 Å². The van der Waals surface area contributed by atoms with E-state index in [2.05, 4.69) is 40.0 Å². The molecule has 1 aromatic carbocycles. The van der Waals surface area contributed by atoms with Crippen molar-refractivity contribution in [3.63, 3.8) is 0 Å². The molecule has 2 heterocycles. The lowest BCUT2D eigenvalue weighted by atomic mass is 10.1. The fourth-order valence-electron chi connectivity index (χ4n) is 2.58. The second-order valence-corrected chi connectivity index (χ2v) is 5.00. The van der Waals surface area contributed by atoms with Gasteiger partial charge in [0.05, 0.1) is 5.69 Å². The highest BCUT2D eigenvalue weighted by atomic mass is 15.3. The van der Waals surface area contributed by atoms with E-state index in [1.807, 2.05) is 23.1 Å². The largest absolute Gasteiger partial charge is 0.315 e. The fraction of sp³-hybridized carbons (Fsp3) is 0.400. The molecule has 1 aliphatic rings. The SMILES string of the molecule is c1ccc(-n2cccn2)c(CNC2CCCNC2)c1. The molecule has 2 aromatic rings. The number of nitrogens with zero attached hydrogens (tertiary/aromatic N) is 2. The van der Waals surface area contributed by atoms with Crippen molar-refractivity contribution >= 4 is 0 Å². The van der Waals surface area contributed by atoms with E-state index >= 15 is 0 Å². The summed E-state index contributed by atoms with van der Waals surface area (Å²) in [7, 11) is 0. The Morgan fingerprint density at radius 1 is 1.32 bits per heavy atom. The molecule has 0 aliphatic carbocycles. The van der Waals surface area contributed by atoms with Crippen LogP contribution in [-0.2, 0) is 6.54 Å². The molecule has 1 saturated heterocycles. The Hall–Kier alpha value is -1.65. The lowest BCUT2D eigenvalue weighted by Crippen LogP contribution is -2.42. The molecular formula is C15H20N4. The van der Waals surface area contributed by atoms with Gasteiger partial charge in [0.1, 0.15) is 0 Å². The third-order valence-corrected chi connectivity index (χ3v) is 3.62. The minimum atomic E-state index is 0.583. The molecule has 1 aromatic heterocycles. The van der Waals surface area contributed by atoms with Gasteiger partial charge in [-0.1, -0.05) is 18.2 Å². The van der Waals surface area contributed by atoms with Gasteiger partial charge < -0.3 is 10.6 Å². The molecule has 0 bridgehead atoms. The Morgan fingerprint density at radius 2 is 2.26 bits per heavy atom. The first-order valence-corrected chi connectivity index (χ1v) is 6.95. The Kier molecular flexibility index (Phi) is 3.91. The van der Waals surface area contributed by atoms with Crippen LogP contribution in [0.15, 0.2) is 42.7 Å². The first kappa shape index (κ1) is 12.4. The first-order valence-electron chi connectivity index (χ1n) is 6.95. The molecule has 4 nitrogen and oxygen atoms in total. The molecule has 4 heteroatoms. The molecule has 1 fully saturated rings. The minimum Gasteiger partial charge on any atom is -0.315 e. The quantitative estimate of drug-likeness (QED) is 0.875. The molecule has 100 valence electrons. The predicted octanol–water partition coefficient (Wildman–Crippen LogP) is 1.71. The summed E-state index contributed by atoms with van der Waals surface area (Å²) in [6.45, 7) is 3.12. The van der Waals surface area contributed by atoms with E-state index in [4.69, 9.17) is 0 Å². The van der Waals surface area contributed by atoms with E-state index in [1.54, 1.807) is 0 Å². The van der Waals surface area contributed by atoms with Crippen LogP contribution >= 0.6 is 0 Å². The summed E-state index contributed by atoms with van der Waals surface area (Å²) in [6.07, 6.45) is 6.33. The predicted molar refractivity (Wildman–Crippen MR) is 76.3 cm³/mol.